The molecule has 2 heterocycles. The molecule has 92 valence electrons. The number of aryl methyl sites for hydroxylation is 1. The van der Waals surface area contributed by atoms with Crippen LogP contribution in [-0.2, 0) is 13.1 Å². The van der Waals surface area contributed by atoms with Crippen molar-refractivity contribution in [2.24, 2.45) is 5.73 Å². The molecule has 18 heavy (non-hydrogen) atoms. The fraction of sp³-hybridized carbons (Fsp3) is 0.214. The maximum atomic E-state index is 5.68. The second-order valence-electron chi connectivity index (χ2n) is 4.22. The first kappa shape index (κ1) is 11.4. The molecule has 3 aromatic rings. The average molecular weight is 257 g/mol. The molecule has 4 heteroatoms. The van der Waals surface area contributed by atoms with Gasteiger partial charge >= 0.3 is 0 Å². The van der Waals surface area contributed by atoms with Gasteiger partial charge in [-0.1, -0.05) is 6.07 Å². The van der Waals surface area contributed by atoms with Crippen LogP contribution < -0.4 is 5.73 Å². The minimum absolute atomic E-state index is 0.558. The molecule has 0 spiro atoms. The third-order valence-corrected chi connectivity index (χ3v) is 3.83. The zero-order chi connectivity index (χ0) is 12.5. The van der Waals surface area contributed by atoms with E-state index in [4.69, 9.17) is 10.7 Å². The Morgan fingerprint density at radius 3 is 2.89 bits per heavy atom. The summed E-state index contributed by atoms with van der Waals surface area (Å²) in [6.45, 7) is 3.63. The summed E-state index contributed by atoms with van der Waals surface area (Å²) < 4.78 is 2.25. The zero-order valence-electron chi connectivity index (χ0n) is 10.3. The van der Waals surface area contributed by atoms with Gasteiger partial charge in [-0.2, -0.15) is 11.3 Å². The average Bonchev–Trinajstić information content (AvgIpc) is 3.04. The van der Waals surface area contributed by atoms with Crippen LogP contribution in [0.4, 0.5) is 0 Å². The van der Waals surface area contributed by atoms with Crippen molar-refractivity contribution in [3.05, 3.63) is 40.6 Å². The molecule has 0 radical (unpaired) electrons. The highest BCUT2D eigenvalue weighted by Gasteiger charge is 2.11. The van der Waals surface area contributed by atoms with Crippen molar-refractivity contribution in [2.45, 2.75) is 20.0 Å². The lowest BCUT2D eigenvalue weighted by atomic mass is 10.2. The second-order valence-corrected chi connectivity index (χ2v) is 5.00. The number of benzene rings is 1. The molecule has 0 fully saturated rings. The van der Waals surface area contributed by atoms with E-state index in [-0.39, 0.29) is 0 Å². The molecule has 0 aliphatic rings. The van der Waals surface area contributed by atoms with Crippen LogP contribution in [-0.4, -0.2) is 9.55 Å². The van der Waals surface area contributed by atoms with Crippen molar-refractivity contribution >= 4 is 22.4 Å². The third kappa shape index (κ3) is 1.74. The van der Waals surface area contributed by atoms with E-state index in [1.54, 1.807) is 11.3 Å². The fourth-order valence-corrected chi connectivity index (χ4v) is 2.87. The lowest BCUT2D eigenvalue weighted by molar-refractivity contribution is 0.796. The summed E-state index contributed by atoms with van der Waals surface area (Å²) in [5.41, 5.74) is 10.2. The van der Waals surface area contributed by atoms with Crippen molar-refractivity contribution < 1.29 is 0 Å². The smallest absolute Gasteiger partial charge is 0.141 e. The maximum Gasteiger partial charge on any atom is 0.141 e. The Morgan fingerprint density at radius 1 is 1.33 bits per heavy atom. The highest BCUT2D eigenvalue weighted by Crippen LogP contribution is 2.26. The largest absolute Gasteiger partial charge is 0.326 e. The molecule has 3 rings (SSSR count). The monoisotopic (exact) mass is 257 g/mol. The van der Waals surface area contributed by atoms with Crippen LogP contribution in [0.3, 0.4) is 0 Å². The Bertz CT molecular complexity index is 668. The van der Waals surface area contributed by atoms with Crippen LogP contribution in [0, 0.1) is 0 Å². The number of nitrogens with two attached hydrogens (primary N) is 1. The fourth-order valence-electron chi connectivity index (χ4n) is 2.23. The molecule has 0 bridgehead atoms. The number of rotatable bonds is 3. The van der Waals surface area contributed by atoms with Crippen molar-refractivity contribution in [3.8, 4) is 11.4 Å². The Kier molecular flexibility index (Phi) is 2.89. The van der Waals surface area contributed by atoms with Gasteiger partial charge < -0.3 is 10.3 Å². The summed E-state index contributed by atoms with van der Waals surface area (Å²) in [6.07, 6.45) is 0. The van der Waals surface area contributed by atoms with Gasteiger partial charge in [0, 0.05) is 24.0 Å². The highest BCUT2D eigenvalue weighted by molar-refractivity contribution is 7.08. The SMILES string of the molecule is CCn1c(-c2ccsc2)nc2cc(CN)ccc21. The number of thiophene rings is 1. The number of fused-ring (bicyclic) bond motifs is 1. The van der Waals surface area contributed by atoms with E-state index >= 15 is 0 Å². The van der Waals surface area contributed by atoms with E-state index < -0.39 is 0 Å². The summed E-state index contributed by atoms with van der Waals surface area (Å²) in [6, 6.07) is 8.39. The first-order valence-electron chi connectivity index (χ1n) is 6.05. The summed E-state index contributed by atoms with van der Waals surface area (Å²) in [5, 5.41) is 4.22. The van der Waals surface area contributed by atoms with Gasteiger partial charge in [-0.25, -0.2) is 4.98 Å². The van der Waals surface area contributed by atoms with Gasteiger partial charge in [0.15, 0.2) is 0 Å². The van der Waals surface area contributed by atoms with Crippen molar-refractivity contribution in [1.29, 1.82) is 0 Å². The number of hydrogen-bond donors (Lipinski definition) is 1. The van der Waals surface area contributed by atoms with Crippen molar-refractivity contribution in [3.63, 3.8) is 0 Å². The Hall–Kier alpha value is -1.65. The lowest BCUT2D eigenvalue weighted by Gasteiger charge is -2.04. The third-order valence-electron chi connectivity index (χ3n) is 3.14. The minimum Gasteiger partial charge on any atom is -0.326 e. The Balaban J connectivity index is 2.26. The molecule has 0 aliphatic carbocycles. The predicted octanol–water partition coefficient (Wildman–Crippen LogP) is 3.24. The molecule has 0 unspecified atom stereocenters. The van der Waals surface area contributed by atoms with E-state index in [9.17, 15) is 0 Å². The number of hydrogen-bond acceptors (Lipinski definition) is 3. The molecule has 1 aromatic carbocycles. The predicted molar refractivity (Wildman–Crippen MR) is 76.6 cm³/mol. The molecular formula is C14H15N3S. The highest BCUT2D eigenvalue weighted by atomic mass is 32.1. The van der Waals surface area contributed by atoms with Gasteiger partial charge in [0.1, 0.15) is 5.82 Å². The molecule has 0 saturated heterocycles. The van der Waals surface area contributed by atoms with E-state index in [1.165, 1.54) is 11.1 Å². The van der Waals surface area contributed by atoms with Crippen LogP contribution in [0.15, 0.2) is 35.0 Å². The first-order chi connectivity index (χ1) is 8.83. The molecule has 3 nitrogen and oxygen atoms in total. The molecule has 2 N–H and O–H groups in total. The molecule has 0 saturated carbocycles. The maximum absolute atomic E-state index is 5.68. The Morgan fingerprint density at radius 2 is 2.22 bits per heavy atom. The van der Waals surface area contributed by atoms with Gasteiger partial charge in [-0.3, -0.25) is 0 Å². The van der Waals surface area contributed by atoms with Gasteiger partial charge in [0.2, 0.25) is 0 Å². The molecule has 0 amide bonds. The normalized spacial score (nSPS) is 11.2. The van der Waals surface area contributed by atoms with Crippen LogP contribution in [0.2, 0.25) is 0 Å². The second kappa shape index (κ2) is 4.55. The van der Waals surface area contributed by atoms with E-state index in [0.29, 0.717) is 6.54 Å². The molecular weight excluding hydrogens is 242 g/mol. The van der Waals surface area contributed by atoms with Gasteiger partial charge in [0.25, 0.3) is 0 Å². The standard InChI is InChI=1S/C14H15N3S/c1-2-17-13-4-3-10(8-15)7-12(13)16-14(17)11-5-6-18-9-11/h3-7,9H,2,8,15H2,1H3. The summed E-state index contributed by atoms with van der Waals surface area (Å²) in [7, 11) is 0. The van der Waals surface area contributed by atoms with Crippen LogP contribution >= 0.6 is 11.3 Å². The molecule has 2 aromatic heterocycles. The zero-order valence-corrected chi connectivity index (χ0v) is 11.1. The molecule has 0 aliphatic heterocycles. The lowest BCUT2D eigenvalue weighted by Crippen LogP contribution is -1.97. The van der Waals surface area contributed by atoms with Crippen LogP contribution in [0.5, 0.6) is 0 Å². The van der Waals surface area contributed by atoms with Crippen LogP contribution in [0.1, 0.15) is 12.5 Å². The Labute approximate surface area is 110 Å². The summed E-state index contributed by atoms with van der Waals surface area (Å²) in [4.78, 5) is 4.75. The quantitative estimate of drug-likeness (QED) is 0.782. The van der Waals surface area contributed by atoms with E-state index in [0.717, 1.165) is 23.4 Å². The number of nitrogens with zero attached hydrogens (tertiary/aromatic N) is 2. The van der Waals surface area contributed by atoms with E-state index in [1.807, 2.05) is 0 Å². The first-order valence-corrected chi connectivity index (χ1v) is 6.99. The van der Waals surface area contributed by atoms with E-state index in [2.05, 4.69) is 46.5 Å². The molecule has 0 atom stereocenters. The number of aromatic nitrogens is 2. The van der Waals surface area contributed by atoms with Gasteiger partial charge in [-0.15, -0.1) is 0 Å². The summed E-state index contributed by atoms with van der Waals surface area (Å²) in [5.74, 6) is 1.04. The van der Waals surface area contributed by atoms with Crippen LogP contribution in [0.25, 0.3) is 22.4 Å². The number of imidazole rings is 1. The topological polar surface area (TPSA) is 43.8 Å². The van der Waals surface area contributed by atoms with Gasteiger partial charge in [-0.05, 0) is 36.1 Å². The summed E-state index contributed by atoms with van der Waals surface area (Å²) >= 11 is 1.70. The van der Waals surface area contributed by atoms with Gasteiger partial charge in [0.05, 0.1) is 11.0 Å². The van der Waals surface area contributed by atoms with Crippen molar-refractivity contribution in [1.82, 2.24) is 9.55 Å². The van der Waals surface area contributed by atoms with Crippen molar-refractivity contribution in [2.75, 3.05) is 0 Å². The minimum atomic E-state index is 0.558.